The minimum atomic E-state index is -0.212. The van der Waals surface area contributed by atoms with Gasteiger partial charge in [-0.15, -0.1) is 24.0 Å². The summed E-state index contributed by atoms with van der Waals surface area (Å²) >= 11 is 0. The molecular weight excluding hydrogens is 514 g/mol. The smallest absolute Gasteiger partial charge is 0.191 e. The van der Waals surface area contributed by atoms with E-state index in [1.165, 1.54) is 6.07 Å². The summed E-state index contributed by atoms with van der Waals surface area (Å²) in [7, 11) is 1.76. The molecule has 0 aliphatic carbocycles. The summed E-state index contributed by atoms with van der Waals surface area (Å²) in [4.78, 5) is 6.64. The first-order valence-corrected chi connectivity index (χ1v) is 11.0. The van der Waals surface area contributed by atoms with E-state index in [1.54, 1.807) is 19.2 Å². The van der Waals surface area contributed by atoms with Crippen LogP contribution < -0.4 is 10.6 Å². The molecule has 0 bridgehead atoms. The normalized spacial score (nSPS) is 20.8. The number of hydrogen-bond acceptors (Lipinski definition) is 5. The third kappa shape index (κ3) is 9.17. The molecule has 2 unspecified atom stereocenters. The van der Waals surface area contributed by atoms with E-state index in [4.69, 9.17) is 14.2 Å². The van der Waals surface area contributed by atoms with Crippen LogP contribution in [0.15, 0.2) is 29.3 Å². The monoisotopic (exact) mass is 550 g/mol. The molecule has 2 saturated heterocycles. The van der Waals surface area contributed by atoms with Crippen molar-refractivity contribution < 1.29 is 18.6 Å². The number of benzene rings is 1. The van der Waals surface area contributed by atoms with Crippen molar-refractivity contribution in [2.45, 2.75) is 31.4 Å². The van der Waals surface area contributed by atoms with Gasteiger partial charge >= 0.3 is 0 Å². The lowest BCUT2D eigenvalue weighted by Crippen LogP contribution is -2.46. The number of nitrogens with zero attached hydrogens (tertiary/aromatic N) is 2. The van der Waals surface area contributed by atoms with Gasteiger partial charge < -0.3 is 24.8 Å². The molecule has 0 aromatic heterocycles. The van der Waals surface area contributed by atoms with Gasteiger partial charge in [-0.2, -0.15) is 0 Å². The number of aliphatic imine (C=N–C) groups is 1. The molecule has 2 aliphatic heterocycles. The van der Waals surface area contributed by atoms with Gasteiger partial charge in [-0.3, -0.25) is 9.89 Å². The van der Waals surface area contributed by atoms with Crippen LogP contribution >= 0.6 is 24.0 Å². The predicted octanol–water partition coefficient (Wildman–Crippen LogP) is 2.57. The first-order chi connectivity index (χ1) is 14.8. The van der Waals surface area contributed by atoms with Gasteiger partial charge in [-0.25, -0.2) is 4.39 Å². The molecule has 0 saturated carbocycles. The fraction of sp³-hybridized carbons (Fsp3) is 0.682. The average molecular weight is 550 g/mol. The van der Waals surface area contributed by atoms with Gasteiger partial charge in [0.1, 0.15) is 5.82 Å². The Morgan fingerprint density at radius 2 is 2.13 bits per heavy atom. The molecule has 1 aromatic carbocycles. The molecule has 7 nitrogen and oxygen atoms in total. The standard InChI is InChI=1S/C22H35FN4O3.HI/c1-24-22(25-8-4-11-29-17-20-7-3-12-30-20)26-16-21(27-9-13-28-14-10-27)18-5-2-6-19(23)15-18;/h2,5-6,15,20-21H,3-4,7-14,16-17H2,1H3,(H2,24,25,26);1H. The summed E-state index contributed by atoms with van der Waals surface area (Å²) in [6.45, 7) is 6.71. The topological polar surface area (TPSA) is 67.4 Å². The Hall–Kier alpha value is -1.01. The molecule has 0 amide bonds. The molecule has 9 heteroatoms. The molecular formula is C22H36FIN4O3. The SMILES string of the molecule is CN=C(NCCCOCC1CCCO1)NCC(c1cccc(F)c1)N1CCOCC1.I. The first kappa shape index (κ1) is 26.2. The van der Waals surface area contributed by atoms with Crippen LogP contribution in [0.4, 0.5) is 4.39 Å². The van der Waals surface area contributed by atoms with E-state index in [0.717, 1.165) is 57.0 Å². The summed E-state index contributed by atoms with van der Waals surface area (Å²) in [5, 5.41) is 6.72. The first-order valence-electron chi connectivity index (χ1n) is 11.0. The lowest BCUT2D eigenvalue weighted by molar-refractivity contribution is 0.0165. The summed E-state index contributed by atoms with van der Waals surface area (Å²) in [5.41, 5.74) is 0.961. The third-order valence-electron chi connectivity index (χ3n) is 5.49. The number of rotatable bonds is 10. The minimum absolute atomic E-state index is 0. The number of guanidine groups is 1. The maximum absolute atomic E-state index is 13.8. The molecule has 31 heavy (non-hydrogen) atoms. The molecule has 0 radical (unpaired) electrons. The van der Waals surface area contributed by atoms with Crippen LogP contribution in [0, 0.1) is 5.82 Å². The van der Waals surface area contributed by atoms with Crippen LogP contribution in [0.5, 0.6) is 0 Å². The summed E-state index contributed by atoms with van der Waals surface area (Å²) in [5.74, 6) is 0.528. The molecule has 0 spiro atoms. The maximum Gasteiger partial charge on any atom is 0.191 e. The Kier molecular flexibility index (Phi) is 12.6. The number of halogens is 2. The van der Waals surface area contributed by atoms with Gasteiger partial charge in [0.2, 0.25) is 0 Å². The number of hydrogen-bond donors (Lipinski definition) is 2. The highest BCUT2D eigenvalue weighted by Gasteiger charge is 2.23. The Labute approximate surface area is 202 Å². The van der Waals surface area contributed by atoms with E-state index in [2.05, 4.69) is 20.5 Å². The van der Waals surface area contributed by atoms with E-state index < -0.39 is 0 Å². The maximum atomic E-state index is 13.8. The lowest BCUT2D eigenvalue weighted by atomic mass is 10.0. The van der Waals surface area contributed by atoms with Crippen LogP contribution in [-0.4, -0.2) is 83.2 Å². The molecule has 2 heterocycles. The summed E-state index contributed by atoms with van der Waals surface area (Å²) in [6.07, 6.45) is 3.40. The lowest BCUT2D eigenvalue weighted by Gasteiger charge is -2.35. The Balaban J connectivity index is 0.00000341. The molecule has 2 fully saturated rings. The van der Waals surface area contributed by atoms with Crippen molar-refractivity contribution in [1.82, 2.24) is 15.5 Å². The van der Waals surface area contributed by atoms with Crippen molar-refractivity contribution in [3.8, 4) is 0 Å². The predicted molar refractivity (Wildman–Crippen MR) is 131 cm³/mol. The van der Waals surface area contributed by atoms with Crippen molar-refractivity contribution in [3.63, 3.8) is 0 Å². The van der Waals surface area contributed by atoms with Crippen LogP contribution in [0.1, 0.15) is 30.9 Å². The van der Waals surface area contributed by atoms with Crippen molar-refractivity contribution >= 4 is 29.9 Å². The Morgan fingerprint density at radius 1 is 1.29 bits per heavy atom. The molecule has 2 aliphatic rings. The second kappa shape index (κ2) is 14.9. The zero-order valence-corrected chi connectivity index (χ0v) is 20.7. The number of nitrogens with one attached hydrogen (secondary N) is 2. The van der Waals surface area contributed by atoms with Crippen molar-refractivity contribution in [2.24, 2.45) is 4.99 Å². The zero-order valence-electron chi connectivity index (χ0n) is 18.4. The van der Waals surface area contributed by atoms with Crippen LogP contribution in [0.25, 0.3) is 0 Å². The molecule has 3 rings (SSSR count). The van der Waals surface area contributed by atoms with E-state index in [-0.39, 0.29) is 41.9 Å². The fourth-order valence-electron chi connectivity index (χ4n) is 3.85. The highest BCUT2D eigenvalue weighted by molar-refractivity contribution is 14.0. The van der Waals surface area contributed by atoms with E-state index in [0.29, 0.717) is 33.0 Å². The highest BCUT2D eigenvalue weighted by atomic mass is 127. The zero-order chi connectivity index (χ0) is 21.0. The van der Waals surface area contributed by atoms with Crippen LogP contribution in [0.2, 0.25) is 0 Å². The van der Waals surface area contributed by atoms with Gasteiger partial charge in [0.25, 0.3) is 0 Å². The van der Waals surface area contributed by atoms with Crippen LogP contribution in [-0.2, 0) is 14.2 Å². The number of ether oxygens (including phenoxy) is 3. The minimum Gasteiger partial charge on any atom is -0.379 e. The van der Waals surface area contributed by atoms with E-state index >= 15 is 0 Å². The van der Waals surface area contributed by atoms with Crippen molar-refractivity contribution in [3.05, 3.63) is 35.6 Å². The van der Waals surface area contributed by atoms with E-state index in [9.17, 15) is 4.39 Å². The number of morpholine rings is 1. The summed E-state index contributed by atoms with van der Waals surface area (Å²) < 4.78 is 30.5. The Bertz CT molecular complexity index is 655. The average Bonchev–Trinajstić information content (AvgIpc) is 3.29. The largest absolute Gasteiger partial charge is 0.379 e. The molecule has 2 N–H and O–H groups in total. The summed E-state index contributed by atoms with van der Waals surface area (Å²) in [6, 6.07) is 6.89. The molecule has 1 aromatic rings. The Morgan fingerprint density at radius 3 is 2.84 bits per heavy atom. The quantitative estimate of drug-likeness (QED) is 0.202. The fourth-order valence-corrected chi connectivity index (χ4v) is 3.85. The van der Waals surface area contributed by atoms with Gasteiger partial charge in [-0.1, -0.05) is 12.1 Å². The van der Waals surface area contributed by atoms with Crippen LogP contribution in [0.3, 0.4) is 0 Å². The van der Waals surface area contributed by atoms with Gasteiger partial charge in [-0.05, 0) is 37.0 Å². The van der Waals surface area contributed by atoms with E-state index in [1.807, 2.05) is 6.07 Å². The highest BCUT2D eigenvalue weighted by Crippen LogP contribution is 2.22. The third-order valence-corrected chi connectivity index (χ3v) is 5.49. The van der Waals surface area contributed by atoms with Gasteiger partial charge in [0.15, 0.2) is 5.96 Å². The molecule has 2 atom stereocenters. The van der Waals surface area contributed by atoms with Crippen molar-refractivity contribution in [2.75, 3.05) is 66.3 Å². The van der Waals surface area contributed by atoms with Gasteiger partial charge in [0.05, 0.1) is 32.0 Å². The van der Waals surface area contributed by atoms with Crippen molar-refractivity contribution in [1.29, 1.82) is 0 Å². The second-order valence-corrected chi connectivity index (χ2v) is 7.66. The van der Waals surface area contributed by atoms with Gasteiger partial charge in [0, 0.05) is 46.4 Å². The second-order valence-electron chi connectivity index (χ2n) is 7.66. The molecule has 176 valence electrons.